The van der Waals surface area contributed by atoms with Crippen LogP contribution in [0.4, 0.5) is 4.79 Å². The van der Waals surface area contributed by atoms with Crippen molar-refractivity contribution in [2.24, 2.45) is 5.16 Å². The number of rotatable bonds is 1. The number of hydrogen-bond acceptors (Lipinski definition) is 6. The molecule has 0 aliphatic carbocycles. The third-order valence-electron chi connectivity index (χ3n) is 3.40. The Morgan fingerprint density at radius 1 is 1.35 bits per heavy atom. The van der Waals surface area contributed by atoms with Crippen molar-refractivity contribution < 1.29 is 24.3 Å². The summed E-state index contributed by atoms with van der Waals surface area (Å²) in [4.78, 5) is 29.6. The third-order valence-corrected chi connectivity index (χ3v) is 3.40. The normalized spacial score (nSPS) is 21.4. The first-order valence-corrected chi connectivity index (χ1v) is 6.65. The number of carbonyl (C=O) groups excluding carboxylic acids is 2. The largest absolute Gasteiger partial charge is 0.543 e. The molecule has 1 amide bonds. The summed E-state index contributed by atoms with van der Waals surface area (Å²) in [6.45, 7) is 6.37. The van der Waals surface area contributed by atoms with Crippen molar-refractivity contribution in [3.63, 3.8) is 0 Å². The van der Waals surface area contributed by atoms with E-state index in [1.807, 2.05) is 20.8 Å². The molecule has 1 saturated heterocycles. The Balaban J connectivity index is 1.88. The van der Waals surface area contributed by atoms with Gasteiger partial charge in [0.05, 0.1) is 5.97 Å². The fourth-order valence-electron chi connectivity index (χ4n) is 2.32. The molecule has 0 N–H and O–H groups in total. The van der Waals surface area contributed by atoms with E-state index in [0.717, 1.165) is 0 Å². The van der Waals surface area contributed by atoms with E-state index in [4.69, 9.17) is 9.57 Å². The Kier molecular flexibility index (Phi) is 3.62. The molecule has 1 spiro atoms. The number of piperidine rings is 1. The van der Waals surface area contributed by atoms with E-state index in [1.165, 1.54) is 0 Å². The molecule has 20 heavy (non-hydrogen) atoms. The fourth-order valence-corrected chi connectivity index (χ4v) is 2.32. The van der Waals surface area contributed by atoms with Crippen LogP contribution in [0.3, 0.4) is 0 Å². The molecule has 112 valence electrons. The molecule has 2 aliphatic rings. The van der Waals surface area contributed by atoms with Gasteiger partial charge in [-0.25, -0.2) is 4.79 Å². The summed E-state index contributed by atoms with van der Waals surface area (Å²) >= 11 is 0. The number of amides is 1. The summed E-state index contributed by atoms with van der Waals surface area (Å²) < 4.78 is 5.30. The van der Waals surface area contributed by atoms with E-state index in [9.17, 15) is 14.7 Å². The van der Waals surface area contributed by atoms with Gasteiger partial charge in [-0.2, -0.15) is 0 Å². The zero-order valence-electron chi connectivity index (χ0n) is 12.0. The zero-order chi connectivity index (χ0) is 15.0. The van der Waals surface area contributed by atoms with E-state index < -0.39 is 17.2 Å². The van der Waals surface area contributed by atoms with E-state index in [1.54, 1.807) is 4.90 Å². The van der Waals surface area contributed by atoms with Gasteiger partial charge in [0.2, 0.25) is 0 Å². The van der Waals surface area contributed by atoms with Crippen LogP contribution in [0, 0.1) is 0 Å². The van der Waals surface area contributed by atoms with Gasteiger partial charge in [0.1, 0.15) is 16.9 Å². The monoisotopic (exact) mass is 283 g/mol. The van der Waals surface area contributed by atoms with Gasteiger partial charge < -0.3 is 24.4 Å². The lowest BCUT2D eigenvalue weighted by atomic mass is 9.87. The number of aliphatic carboxylic acids is 1. The number of carbonyl (C=O) groups is 2. The molecule has 7 nitrogen and oxygen atoms in total. The second-order valence-corrected chi connectivity index (χ2v) is 6.24. The lowest BCUT2D eigenvalue weighted by Gasteiger charge is -2.37. The van der Waals surface area contributed by atoms with Crippen molar-refractivity contribution in [2.45, 2.75) is 51.2 Å². The number of carboxylic acid groups (broad SMARTS) is 1. The van der Waals surface area contributed by atoms with Crippen molar-refractivity contribution >= 4 is 17.8 Å². The maximum atomic E-state index is 11.9. The number of carboxylic acids is 1. The Hall–Kier alpha value is -1.79. The van der Waals surface area contributed by atoms with Crippen LogP contribution in [-0.4, -0.2) is 47.0 Å². The number of oxime groups is 1. The molecule has 1 fully saturated rings. The van der Waals surface area contributed by atoms with Crippen molar-refractivity contribution in [1.29, 1.82) is 0 Å². The van der Waals surface area contributed by atoms with E-state index >= 15 is 0 Å². The minimum Gasteiger partial charge on any atom is -0.543 e. The van der Waals surface area contributed by atoms with Gasteiger partial charge in [-0.3, -0.25) is 0 Å². The highest BCUT2D eigenvalue weighted by Gasteiger charge is 2.43. The highest BCUT2D eigenvalue weighted by atomic mass is 16.7. The van der Waals surface area contributed by atoms with Crippen molar-refractivity contribution in [2.75, 3.05) is 13.1 Å². The van der Waals surface area contributed by atoms with Crippen molar-refractivity contribution in [1.82, 2.24) is 4.90 Å². The van der Waals surface area contributed by atoms with Crippen LogP contribution in [0.25, 0.3) is 0 Å². The molecular formula is C13H19N2O5-. The van der Waals surface area contributed by atoms with Crippen LogP contribution in [0.15, 0.2) is 5.16 Å². The second kappa shape index (κ2) is 4.96. The summed E-state index contributed by atoms with van der Waals surface area (Å²) in [6.07, 6.45) is 0.947. The topological polar surface area (TPSA) is 91.3 Å². The SMILES string of the molecule is CC(C)(C)OC(=O)N1CCC2(CC1)CC(C(=O)[O-])=NO2. The molecule has 0 radical (unpaired) electrons. The molecule has 0 aromatic heterocycles. The van der Waals surface area contributed by atoms with E-state index in [2.05, 4.69) is 5.16 Å². The number of likely N-dealkylation sites (tertiary alicyclic amines) is 1. The maximum Gasteiger partial charge on any atom is 0.410 e. The molecule has 7 heteroatoms. The van der Waals surface area contributed by atoms with Crippen molar-refractivity contribution in [3.8, 4) is 0 Å². The van der Waals surface area contributed by atoms with Gasteiger partial charge in [0.15, 0.2) is 0 Å². The number of ether oxygens (including phenoxy) is 1. The molecular weight excluding hydrogens is 264 g/mol. The molecule has 0 bridgehead atoms. The molecule has 2 rings (SSSR count). The average molecular weight is 283 g/mol. The predicted octanol–water partition coefficient (Wildman–Crippen LogP) is 0.282. The summed E-state index contributed by atoms with van der Waals surface area (Å²) in [5, 5.41) is 14.3. The van der Waals surface area contributed by atoms with Gasteiger partial charge in [-0.05, 0) is 20.8 Å². The van der Waals surface area contributed by atoms with Crippen LogP contribution < -0.4 is 5.11 Å². The highest BCUT2D eigenvalue weighted by molar-refractivity contribution is 6.35. The van der Waals surface area contributed by atoms with Crippen LogP contribution in [0.1, 0.15) is 40.0 Å². The lowest BCUT2D eigenvalue weighted by molar-refractivity contribution is -0.294. The molecule has 0 saturated carbocycles. The Morgan fingerprint density at radius 3 is 2.40 bits per heavy atom. The third kappa shape index (κ3) is 3.20. The smallest absolute Gasteiger partial charge is 0.410 e. The highest BCUT2D eigenvalue weighted by Crippen LogP contribution is 2.34. The van der Waals surface area contributed by atoms with Gasteiger partial charge in [0.25, 0.3) is 0 Å². The van der Waals surface area contributed by atoms with Gasteiger partial charge in [-0.1, -0.05) is 5.16 Å². The van der Waals surface area contributed by atoms with Gasteiger partial charge in [-0.15, -0.1) is 0 Å². The van der Waals surface area contributed by atoms with Crippen LogP contribution >= 0.6 is 0 Å². The van der Waals surface area contributed by atoms with E-state index in [-0.39, 0.29) is 18.2 Å². The van der Waals surface area contributed by atoms with Gasteiger partial charge >= 0.3 is 6.09 Å². The quantitative estimate of drug-likeness (QED) is 0.689. The minimum atomic E-state index is -1.29. The summed E-state index contributed by atoms with van der Waals surface area (Å²) in [5.41, 5.74) is -1.19. The standard InChI is InChI=1S/C13H20N2O5/c1-12(2,3)19-11(18)15-6-4-13(5-7-15)8-9(10(16)17)14-20-13/h4-8H2,1-3H3,(H,16,17)/p-1. The molecule has 0 aromatic rings. The Labute approximate surface area is 117 Å². The average Bonchev–Trinajstić information content (AvgIpc) is 2.72. The molecule has 0 aromatic carbocycles. The molecule has 2 heterocycles. The molecule has 0 atom stereocenters. The van der Waals surface area contributed by atoms with Crippen LogP contribution in [-0.2, 0) is 14.4 Å². The molecule has 2 aliphatic heterocycles. The second-order valence-electron chi connectivity index (χ2n) is 6.24. The van der Waals surface area contributed by atoms with Crippen LogP contribution in [0.2, 0.25) is 0 Å². The molecule has 0 unspecified atom stereocenters. The summed E-state index contributed by atoms with van der Waals surface area (Å²) in [6, 6.07) is 0. The van der Waals surface area contributed by atoms with Gasteiger partial charge in [0, 0.05) is 32.4 Å². The summed E-state index contributed by atoms with van der Waals surface area (Å²) in [5.74, 6) is -1.29. The number of hydrogen-bond donors (Lipinski definition) is 0. The summed E-state index contributed by atoms with van der Waals surface area (Å²) in [7, 11) is 0. The Bertz CT molecular complexity index is 444. The first-order chi connectivity index (χ1) is 9.21. The zero-order valence-corrected chi connectivity index (χ0v) is 12.0. The minimum absolute atomic E-state index is 0.0595. The first kappa shape index (κ1) is 14.6. The first-order valence-electron chi connectivity index (χ1n) is 6.65. The maximum absolute atomic E-state index is 11.9. The lowest BCUT2D eigenvalue weighted by Crippen LogP contribution is -2.48. The van der Waals surface area contributed by atoms with Crippen molar-refractivity contribution in [3.05, 3.63) is 0 Å². The predicted molar refractivity (Wildman–Crippen MR) is 67.9 cm³/mol. The Morgan fingerprint density at radius 2 is 1.95 bits per heavy atom. The van der Waals surface area contributed by atoms with E-state index in [0.29, 0.717) is 25.9 Å². The fraction of sp³-hybridized carbons (Fsp3) is 0.769. The van der Waals surface area contributed by atoms with Crippen LogP contribution in [0.5, 0.6) is 0 Å². The number of nitrogens with zero attached hydrogens (tertiary/aromatic N) is 2.